The van der Waals surface area contributed by atoms with Crippen LogP contribution in [0.1, 0.15) is 13.3 Å². The predicted octanol–water partition coefficient (Wildman–Crippen LogP) is 0.00790. The van der Waals surface area contributed by atoms with Crippen molar-refractivity contribution in [3.63, 3.8) is 0 Å². The molecule has 0 aromatic rings. The van der Waals surface area contributed by atoms with Gasteiger partial charge in [0.15, 0.2) is 0 Å². The second-order valence-electron chi connectivity index (χ2n) is 3.25. The lowest BCUT2D eigenvalue weighted by atomic mass is 9.98. The summed E-state index contributed by atoms with van der Waals surface area (Å²) in [6, 6.07) is 0. The Morgan fingerprint density at radius 2 is 2.62 bits per heavy atom. The van der Waals surface area contributed by atoms with Gasteiger partial charge in [-0.05, 0) is 13.0 Å². The summed E-state index contributed by atoms with van der Waals surface area (Å²) >= 11 is 0. The molecule has 0 bridgehead atoms. The number of carbonyl (C=O) groups is 1. The largest absolute Gasteiger partial charge is 0.463 e. The maximum Gasteiger partial charge on any atom is 0.333 e. The number of rotatable bonds is 2. The minimum Gasteiger partial charge on any atom is -0.463 e. The summed E-state index contributed by atoms with van der Waals surface area (Å²) in [6.45, 7) is 2.12. The van der Waals surface area contributed by atoms with Gasteiger partial charge >= 0.3 is 5.97 Å². The van der Waals surface area contributed by atoms with Crippen LogP contribution in [0.15, 0.2) is 11.6 Å². The van der Waals surface area contributed by atoms with Crippen molar-refractivity contribution in [1.29, 1.82) is 0 Å². The SMILES string of the molecule is CCOC(=O)C1=C[C@@H](O)[C@H]2O[C@H]2C1. The molecule has 4 nitrogen and oxygen atoms in total. The fourth-order valence-corrected chi connectivity index (χ4v) is 1.58. The highest BCUT2D eigenvalue weighted by atomic mass is 16.6. The van der Waals surface area contributed by atoms with Crippen molar-refractivity contribution in [1.82, 2.24) is 0 Å². The quantitative estimate of drug-likeness (QED) is 0.485. The first-order valence-corrected chi connectivity index (χ1v) is 4.43. The van der Waals surface area contributed by atoms with Gasteiger partial charge in [0.05, 0.1) is 12.7 Å². The molecule has 1 aliphatic heterocycles. The van der Waals surface area contributed by atoms with Crippen LogP contribution in [0.2, 0.25) is 0 Å². The number of carbonyl (C=O) groups excluding carboxylic acids is 1. The lowest BCUT2D eigenvalue weighted by Crippen LogP contribution is -2.23. The molecule has 0 spiro atoms. The van der Waals surface area contributed by atoms with E-state index < -0.39 is 6.10 Å². The fourth-order valence-electron chi connectivity index (χ4n) is 1.58. The first-order valence-electron chi connectivity index (χ1n) is 4.43. The molecule has 1 saturated heterocycles. The van der Waals surface area contributed by atoms with Gasteiger partial charge in [-0.25, -0.2) is 4.79 Å². The molecular weight excluding hydrogens is 172 g/mol. The first-order chi connectivity index (χ1) is 6.22. The maximum atomic E-state index is 11.3. The van der Waals surface area contributed by atoms with Crippen LogP contribution in [0.3, 0.4) is 0 Å². The van der Waals surface area contributed by atoms with Crippen LogP contribution in [-0.2, 0) is 14.3 Å². The van der Waals surface area contributed by atoms with Crippen molar-refractivity contribution < 1.29 is 19.4 Å². The standard InChI is InChI=1S/C9H12O4/c1-2-12-9(11)5-3-6(10)8-7(4-5)13-8/h3,6-8,10H,2,4H2,1H3/t6-,7+,8-/m1/s1. The van der Waals surface area contributed by atoms with Crippen LogP contribution in [0.5, 0.6) is 0 Å². The number of aliphatic hydroxyl groups excluding tert-OH is 1. The lowest BCUT2D eigenvalue weighted by Gasteiger charge is -2.11. The Hall–Kier alpha value is -0.870. The smallest absolute Gasteiger partial charge is 0.333 e. The summed E-state index contributed by atoms with van der Waals surface area (Å²) < 4.78 is 9.96. The number of ether oxygens (including phenoxy) is 2. The van der Waals surface area contributed by atoms with E-state index in [0.29, 0.717) is 18.6 Å². The van der Waals surface area contributed by atoms with Crippen LogP contribution in [-0.4, -0.2) is 36.0 Å². The van der Waals surface area contributed by atoms with Gasteiger partial charge in [-0.1, -0.05) is 0 Å². The van der Waals surface area contributed by atoms with Gasteiger partial charge in [-0.2, -0.15) is 0 Å². The summed E-state index contributed by atoms with van der Waals surface area (Å²) in [6.07, 6.45) is 1.41. The molecule has 3 atom stereocenters. The minimum atomic E-state index is -0.641. The molecule has 0 radical (unpaired) electrons. The molecule has 4 heteroatoms. The zero-order valence-electron chi connectivity index (χ0n) is 7.40. The van der Waals surface area contributed by atoms with Crippen molar-refractivity contribution in [2.45, 2.75) is 31.7 Å². The van der Waals surface area contributed by atoms with E-state index in [9.17, 15) is 9.90 Å². The van der Waals surface area contributed by atoms with E-state index in [1.54, 1.807) is 6.92 Å². The number of epoxide rings is 1. The van der Waals surface area contributed by atoms with Crippen molar-refractivity contribution in [2.24, 2.45) is 0 Å². The molecule has 0 unspecified atom stereocenters. The summed E-state index contributed by atoms with van der Waals surface area (Å²) in [5.41, 5.74) is 0.535. The third kappa shape index (κ3) is 1.59. The van der Waals surface area contributed by atoms with Crippen molar-refractivity contribution in [3.05, 3.63) is 11.6 Å². The Morgan fingerprint density at radius 1 is 1.85 bits per heavy atom. The number of hydrogen-bond acceptors (Lipinski definition) is 4. The Kier molecular flexibility index (Phi) is 2.09. The first kappa shape index (κ1) is 8.72. The van der Waals surface area contributed by atoms with Gasteiger partial charge in [0, 0.05) is 12.0 Å². The summed E-state index contributed by atoms with van der Waals surface area (Å²) in [5.74, 6) is -0.337. The summed E-state index contributed by atoms with van der Waals surface area (Å²) in [5, 5.41) is 9.40. The fraction of sp³-hybridized carbons (Fsp3) is 0.667. The van der Waals surface area contributed by atoms with Crippen molar-refractivity contribution >= 4 is 5.97 Å². The maximum absolute atomic E-state index is 11.3. The molecule has 0 aromatic carbocycles. The number of fused-ring (bicyclic) bond motifs is 1. The number of esters is 1. The molecule has 13 heavy (non-hydrogen) atoms. The van der Waals surface area contributed by atoms with E-state index >= 15 is 0 Å². The van der Waals surface area contributed by atoms with Crippen LogP contribution in [0.25, 0.3) is 0 Å². The Labute approximate surface area is 76.1 Å². The van der Waals surface area contributed by atoms with Crippen molar-refractivity contribution in [2.75, 3.05) is 6.61 Å². The average Bonchev–Trinajstić information content (AvgIpc) is 2.84. The highest BCUT2D eigenvalue weighted by molar-refractivity contribution is 5.89. The normalized spacial score (nSPS) is 36.2. The zero-order valence-corrected chi connectivity index (χ0v) is 7.40. The van der Waals surface area contributed by atoms with Crippen LogP contribution < -0.4 is 0 Å². The van der Waals surface area contributed by atoms with Gasteiger partial charge in [-0.15, -0.1) is 0 Å². The second kappa shape index (κ2) is 3.12. The topological polar surface area (TPSA) is 59.1 Å². The van der Waals surface area contributed by atoms with Crippen LogP contribution in [0, 0.1) is 0 Å². The van der Waals surface area contributed by atoms with E-state index in [1.807, 2.05) is 0 Å². The van der Waals surface area contributed by atoms with E-state index in [2.05, 4.69) is 0 Å². The predicted molar refractivity (Wildman–Crippen MR) is 44.0 cm³/mol. The molecule has 0 amide bonds. The van der Waals surface area contributed by atoms with Gasteiger partial charge in [-0.3, -0.25) is 0 Å². The lowest BCUT2D eigenvalue weighted by molar-refractivity contribution is -0.138. The third-order valence-electron chi connectivity index (χ3n) is 2.29. The van der Waals surface area contributed by atoms with E-state index in [1.165, 1.54) is 6.08 Å². The van der Waals surface area contributed by atoms with E-state index in [-0.39, 0.29) is 18.2 Å². The Bertz CT molecular complexity index is 258. The zero-order chi connectivity index (χ0) is 9.42. The molecule has 2 aliphatic rings. The van der Waals surface area contributed by atoms with Gasteiger partial charge in [0.1, 0.15) is 12.2 Å². The molecular formula is C9H12O4. The molecule has 1 fully saturated rings. The molecule has 1 N–H and O–H groups in total. The highest BCUT2D eigenvalue weighted by Gasteiger charge is 2.47. The van der Waals surface area contributed by atoms with E-state index in [0.717, 1.165) is 0 Å². The average molecular weight is 184 g/mol. The van der Waals surface area contributed by atoms with E-state index in [4.69, 9.17) is 9.47 Å². The van der Waals surface area contributed by atoms with Crippen molar-refractivity contribution in [3.8, 4) is 0 Å². The van der Waals surface area contributed by atoms with Gasteiger partial charge < -0.3 is 14.6 Å². The highest BCUT2D eigenvalue weighted by Crippen LogP contribution is 2.36. The molecule has 72 valence electrons. The third-order valence-corrected chi connectivity index (χ3v) is 2.29. The van der Waals surface area contributed by atoms with Crippen LogP contribution >= 0.6 is 0 Å². The Morgan fingerprint density at radius 3 is 3.23 bits per heavy atom. The summed E-state index contributed by atoms with van der Waals surface area (Å²) in [4.78, 5) is 11.3. The summed E-state index contributed by atoms with van der Waals surface area (Å²) in [7, 11) is 0. The molecule has 1 heterocycles. The molecule has 0 saturated carbocycles. The van der Waals surface area contributed by atoms with Crippen LogP contribution in [0.4, 0.5) is 0 Å². The number of hydrogen-bond donors (Lipinski definition) is 1. The number of aliphatic hydroxyl groups is 1. The Balaban J connectivity index is 2.03. The molecule has 0 aromatic heterocycles. The van der Waals surface area contributed by atoms with Gasteiger partial charge in [0.2, 0.25) is 0 Å². The minimum absolute atomic E-state index is 0.0272. The second-order valence-corrected chi connectivity index (χ2v) is 3.25. The molecule has 1 aliphatic carbocycles. The molecule has 2 rings (SSSR count). The van der Waals surface area contributed by atoms with Gasteiger partial charge in [0.25, 0.3) is 0 Å². The monoisotopic (exact) mass is 184 g/mol.